The first-order valence-electron chi connectivity index (χ1n) is 16.5. The van der Waals surface area contributed by atoms with Crippen LogP contribution in [0.25, 0.3) is 11.4 Å². The van der Waals surface area contributed by atoms with Crippen molar-refractivity contribution in [3.8, 4) is 29.0 Å². The minimum atomic E-state index is -3.24. The number of ether oxygens (including phenoxy) is 3. The average Bonchev–Trinajstić information content (AvgIpc) is 3.82. The second kappa shape index (κ2) is 13.4. The number of aliphatic hydroxyl groups excluding tert-OH is 1. The Labute approximate surface area is 288 Å². The summed E-state index contributed by atoms with van der Waals surface area (Å²) in [4.78, 5) is 31.1. The summed E-state index contributed by atoms with van der Waals surface area (Å²) in [5.41, 5.74) is 0.936. The van der Waals surface area contributed by atoms with Gasteiger partial charge in [0.15, 0.2) is 11.9 Å². The molecule has 50 heavy (non-hydrogen) atoms. The number of hydrogen-bond donors (Lipinski definition) is 2. The van der Waals surface area contributed by atoms with Crippen LogP contribution in [-0.2, 0) is 9.53 Å². The third-order valence-electron chi connectivity index (χ3n) is 10.2. The number of methoxy groups -OCH3 is 1. The van der Waals surface area contributed by atoms with Crippen LogP contribution in [0, 0.1) is 16.7 Å². The van der Waals surface area contributed by atoms with Crippen molar-refractivity contribution in [2.24, 2.45) is 5.41 Å². The fraction of sp³-hybridized carbons (Fsp3) is 0.457. The number of amides is 1. The average molecular weight is 689 g/mol. The molecule has 3 aromatic rings. The standard InChI is InChI=1S/C35H38F2N8O5/c1-3-27(46)32(47)45-9-8-34(35(36,37)20-45)16-30(34)50-28-7-4-22(14-23(28)17-38)31-39-21-40-33(42-31)41-24-5-6-26(29(15-24)48-2)44-12-10-43(11-13-44)25-18-49-19-25/h3-7,14-15,21,25,27,30,46H,1,8-13,16,18-20H2,2H3,(H,39,40,41,42)/t27-,30?,34-/m0/s1. The van der Waals surface area contributed by atoms with E-state index in [1.165, 1.54) is 6.33 Å². The summed E-state index contributed by atoms with van der Waals surface area (Å²) in [6, 6.07) is 13.2. The molecule has 13 nitrogen and oxygen atoms in total. The number of carbonyl (C=O) groups excluding carboxylic acids is 1. The van der Waals surface area contributed by atoms with Crippen LogP contribution < -0.4 is 19.7 Å². The molecule has 1 amide bonds. The molecule has 3 atom stereocenters. The zero-order chi connectivity index (χ0) is 35.0. The molecule has 2 aromatic carbocycles. The number of alkyl halides is 2. The molecule has 1 saturated carbocycles. The fourth-order valence-corrected chi connectivity index (χ4v) is 6.96. The Morgan fingerprint density at radius 1 is 1.16 bits per heavy atom. The maximum atomic E-state index is 15.3. The smallest absolute Gasteiger partial charge is 0.274 e. The predicted octanol–water partition coefficient (Wildman–Crippen LogP) is 3.24. The highest BCUT2D eigenvalue weighted by Gasteiger charge is 2.72. The summed E-state index contributed by atoms with van der Waals surface area (Å²) in [6.07, 6.45) is 0.101. The van der Waals surface area contributed by atoms with Crippen molar-refractivity contribution in [2.45, 2.75) is 37.0 Å². The predicted molar refractivity (Wildman–Crippen MR) is 178 cm³/mol. The van der Waals surface area contributed by atoms with E-state index in [1.54, 1.807) is 25.3 Å². The quantitative estimate of drug-likeness (QED) is 0.301. The highest BCUT2D eigenvalue weighted by Crippen LogP contribution is 2.62. The SMILES string of the molecule is C=C[C@H](O)C(=O)N1CC[C@@]2(CC2Oc2ccc(-c3ncnc(Nc4ccc(N5CCN(C6COC6)CC5)c(OC)c4)n3)cc2C#N)C(F)(F)C1. The molecule has 4 fully saturated rings. The van der Waals surface area contributed by atoms with Crippen molar-refractivity contribution in [1.29, 1.82) is 5.26 Å². The number of benzene rings is 2. The lowest BCUT2D eigenvalue weighted by molar-refractivity contribution is -0.163. The van der Waals surface area contributed by atoms with E-state index in [0.29, 0.717) is 17.4 Å². The Kier molecular flexibility index (Phi) is 9.02. The van der Waals surface area contributed by atoms with Crippen molar-refractivity contribution in [1.82, 2.24) is 24.8 Å². The molecule has 1 aromatic heterocycles. The van der Waals surface area contributed by atoms with Crippen molar-refractivity contribution in [2.75, 3.05) is 69.8 Å². The largest absolute Gasteiger partial charge is 0.495 e. The number of likely N-dealkylation sites (tertiary alicyclic amines) is 1. The number of rotatable bonds is 10. The molecule has 1 aliphatic carbocycles. The van der Waals surface area contributed by atoms with E-state index in [2.05, 4.69) is 42.7 Å². The zero-order valence-electron chi connectivity index (χ0n) is 27.6. The maximum absolute atomic E-state index is 15.3. The summed E-state index contributed by atoms with van der Waals surface area (Å²) in [5.74, 6) is -2.56. The van der Waals surface area contributed by atoms with Crippen LogP contribution in [0.3, 0.4) is 0 Å². The first-order chi connectivity index (χ1) is 24.1. The van der Waals surface area contributed by atoms with E-state index in [1.807, 2.05) is 18.2 Å². The Bertz CT molecular complexity index is 1810. The van der Waals surface area contributed by atoms with Crippen molar-refractivity contribution < 1.29 is 32.9 Å². The number of carbonyl (C=O) groups is 1. The minimum absolute atomic E-state index is 0.00302. The molecule has 2 N–H and O–H groups in total. The molecule has 1 unspecified atom stereocenters. The normalized spacial score (nSPS) is 23.8. The van der Waals surface area contributed by atoms with Gasteiger partial charge in [0.1, 0.15) is 30.0 Å². The van der Waals surface area contributed by atoms with Crippen LogP contribution in [0.15, 0.2) is 55.4 Å². The van der Waals surface area contributed by atoms with Gasteiger partial charge in [-0.2, -0.15) is 10.2 Å². The lowest BCUT2D eigenvalue weighted by Crippen LogP contribution is -2.56. The second-order valence-corrected chi connectivity index (χ2v) is 13.0. The third-order valence-corrected chi connectivity index (χ3v) is 10.2. The van der Waals surface area contributed by atoms with E-state index >= 15 is 8.78 Å². The molecular formula is C35H38F2N8O5. The topological polar surface area (TPSA) is 149 Å². The van der Waals surface area contributed by atoms with Gasteiger partial charge in [0.25, 0.3) is 11.8 Å². The molecule has 262 valence electrons. The number of aromatic nitrogens is 3. The zero-order valence-corrected chi connectivity index (χ0v) is 27.6. The number of aliphatic hydroxyl groups is 1. The molecule has 7 rings (SSSR count). The Hall–Kier alpha value is -4.91. The number of piperazine rings is 1. The number of nitrogens with zero attached hydrogens (tertiary/aromatic N) is 7. The van der Waals surface area contributed by atoms with Crippen LogP contribution in [0.1, 0.15) is 18.4 Å². The number of hydrogen-bond acceptors (Lipinski definition) is 12. The van der Waals surface area contributed by atoms with Gasteiger partial charge in [-0.05, 0) is 36.8 Å². The summed E-state index contributed by atoms with van der Waals surface area (Å²) >= 11 is 0. The Morgan fingerprint density at radius 2 is 1.96 bits per heavy atom. The molecule has 4 heterocycles. The van der Waals surface area contributed by atoms with Gasteiger partial charge < -0.3 is 34.4 Å². The molecule has 1 spiro atoms. The third kappa shape index (κ3) is 6.30. The van der Waals surface area contributed by atoms with Gasteiger partial charge in [-0.15, -0.1) is 0 Å². The van der Waals surface area contributed by atoms with Crippen LogP contribution in [0.5, 0.6) is 11.5 Å². The van der Waals surface area contributed by atoms with Gasteiger partial charge in [0.05, 0.1) is 49.6 Å². The molecule has 0 bridgehead atoms. The highest BCUT2D eigenvalue weighted by atomic mass is 19.3. The molecule has 0 radical (unpaired) electrons. The lowest BCUT2D eigenvalue weighted by atomic mass is 9.88. The first-order valence-corrected chi connectivity index (χ1v) is 16.5. The van der Waals surface area contributed by atoms with Crippen LogP contribution in [0.2, 0.25) is 0 Å². The first kappa shape index (κ1) is 33.6. The maximum Gasteiger partial charge on any atom is 0.274 e. The number of nitrogens with one attached hydrogen (secondary N) is 1. The number of halogens is 2. The second-order valence-electron chi connectivity index (χ2n) is 13.0. The summed E-state index contributed by atoms with van der Waals surface area (Å²) < 4.78 is 47.8. The van der Waals surface area contributed by atoms with Gasteiger partial charge in [-0.25, -0.2) is 18.7 Å². The monoisotopic (exact) mass is 688 g/mol. The molecule has 4 aliphatic rings. The van der Waals surface area contributed by atoms with Crippen LogP contribution in [-0.4, -0.2) is 120 Å². The van der Waals surface area contributed by atoms with Crippen LogP contribution in [0.4, 0.5) is 26.1 Å². The molecule has 3 saturated heterocycles. The van der Waals surface area contributed by atoms with Crippen molar-refractivity contribution in [3.63, 3.8) is 0 Å². The molecule has 3 aliphatic heterocycles. The minimum Gasteiger partial charge on any atom is -0.495 e. The molecular weight excluding hydrogens is 650 g/mol. The van der Waals surface area contributed by atoms with Gasteiger partial charge >= 0.3 is 0 Å². The summed E-state index contributed by atoms with van der Waals surface area (Å²) in [7, 11) is 1.64. The lowest BCUT2D eigenvalue weighted by Gasteiger charge is -2.43. The summed E-state index contributed by atoms with van der Waals surface area (Å²) in [5, 5.41) is 22.9. The van der Waals surface area contributed by atoms with Crippen molar-refractivity contribution in [3.05, 3.63) is 60.9 Å². The number of anilines is 3. The van der Waals surface area contributed by atoms with E-state index in [-0.39, 0.29) is 36.6 Å². The van der Waals surface area contributed by atoms with E-state index in [4.69, 9.17) is 14.2 Å². The van der Waals surface area contributed by atoms with Gasteiger partial charge in [-0.3, -0.25) is 9.69 Å². The highest BCUT2D eigenvalue weighted by molar-refractivity contribution is 5.82. The van der Waals surface area contributed by atoms with Gasteiger partial charge in [0, 0.05) is 56.5 Å². The number of piperidine rings is 1. The number of nitriles is 1. The van der Waals surface area contributed by atoms with E-state index < -0.39 is 36.0 Å². The van der Waals surface area contributed by atoms with E-state index in [0.717, 1.165) is 67.5 Å². The van der Waals surface area contributed by atoms with Gasteiger partial charge in [-0.1, -0.05) is 12.7 Å². The molecule has 15 heteroatoms. The fourth-order valence-electron chi connectivity index (χ4n) is 6.96. The summed E-state index contributed by atoms with van der Waals surface area (Å²) in [6.45, 7) is 7.92. The van der Waals surface area contributed by atoms with Gasteiger partial charge in [0.2, 0.25) is 5.95 Å². The van der Waals surface area contributed by atoms with Crippen molar-refractivity contribution >= 4 is 23.2 Å². The Balaban J connectivity index is 1.01. The van der Waals surface area contributed by atoms with E-state index in [9.17, 15) is 15.2 Å². The van der Waals surface area contributed by atoms with Crippen LogP contribution >= 0.6 is 0 Å². The Morgan fingerprint density at radius 3 is 2.64 bits per heavy atom.